The van der Waals surface area contributed by atoms with Gasteiger partial charge in [0.05, 0.1) is 0 Å². The normalized spacial score (nSPS) is 10.7. The van der Waals surface area contributed by atoms with Gasteiger partial charge in [-0.15, -0.1) is 0 Å². The van der Waals surface area contributed by atoms with Gasteiger partial charge in [-0.1, -0.05) is 67.9 Å². The summed E-state index contributed by atoms with van der Waals surface area (Å²) in [6.07, 6.45) is 2.41. The standard InChI is InChI=1S/C20H21N/c1-2-3-13-21-20-15-18(16-9-5-4-6-10-16)14-17-11-7-8-12-19(17)20/h4-12,14-15,21H,2-3,13H2,1H3. The zero-order chi connectivity index (χ0) is 14.5. The van der Waals surface area contributed by atoms with Gasteiger partial charge in [0.25, 0.3) is 0 Å². The van der Waals surface area contributed by atoms with Crippen LogP contribution in [0.1, 0.15) is 19.8 Å². The zero-order valence-corrected chi connectivity index (χ0v) is 12.5. The van der Waals surface area contributed by atoms with Gasteiger partial charge >= 0.3 is 0 Å². The summed E-state index contributed by atoms with van der Waals surface area (Å²) in [5, 5.41) is 6.19. The number of unbranched alkanes of at least 4 members (excludes halogenated alkanes) is 1. The van der Waals surface area contributed by atoms with Crippen LogP contribution in [0.5, 0.6) is 0 Å². The summed E-state index contributed by atoms with van der Waals surface area (Å²) in [4.78, 5) is 0. The Bertz CT molecular complexity index is 716. The lowest BCUT2D eigenvalue weighted by atomic mass is 9.99. The first-order valence-electron chi connectivity index (χ1n) is 7.70. The first kappa shape index (κ1) is 13.7. The highest BCUT2D eigenvalue weighted by Crippen LogP contribution is 2.31. The molecular formula is C20H21N. The number of hydrogen-bond donors (Lipinski definition) is 1. The molecular weight excluding hydrogens is 254 g/mol. The van der Waals surface area contributed by atoms with E-state index in [1.807, 2.05) is 0 Å². The van der Waals surface area contributed by atoms with Crippen LogP contribution in [-0.4, -0.2) is 6.54 Å². The number of benzene rings is 3. The van der Waals surface area contributed by atoms with E-state index in [1.54, 1.807) is 0 Å². The van der Waals surface area contributed by atoms with Gasteiger partial charge in [-0.3, -0.25) is 0 Å². The van der Waals surface area contributed by atoms with Crippen molar-refractivity contribution in [3.05, 3.63) is 66.7 Å². The minimum Gasteiger partial charge on any atom is -0.385 e. The van der Waals surface area contributed by atoms with E-state index >= 15 is 0 Å². The van der Waals surface area contributed by atoms with Crippen LogP contribution in [0.25, 0.3) is 21.9 Å². The van der Waals surface area contributed by atoms with Gasteiger partial charge in [0.1, 0.15) is 0 Å². The fraction of sp³-hybridized carbons (Fsp3) is 0.200. The summed E-state index contributed by atoms with van der Waals surface area (Å²) >= 11 is 0. The van der Waals surface area contributed by atoms with Crippen molar-refractivity contribution in [2.75, 3.05) is 11.9 Å². The Balaban J connectivity index is 2.06. The third kappa shape index (κ3) is 3.08. The number of hydrogen-bond acceptors (Lipinski definition) is 1. The van der Waals surface area contributed by atoms with Gasteiger partial charge in [0, 0.05) is 17.6 Å². The van der Waals surface area contributed by atoms with E-state index in [2.05, 4.69) is 79.0 Å². The third-order valence-corrected chi connectivity index (χ3v) is 3.81. The van der Waals surface area contributed by atoms with Crippen LogP contribution in [-0.2, 0) is 0 Å². The lowest BCUT2D eigenvalue weighted by molar-refractivity contribution is 0.835. The van der Waals surface area contributed by atoms with Crippen LogP contribution in [0.4, 0.5) is 5.69 Å². The number of rotatable bonds is 5. The Morgan fingerprint density at radius 3 is 2.38 bits per heavy atom. The Hall–Kier alpha value is -2.28. The van der Waals surface area contributed by atoms with E-state index in [9.17, 15) is 0 Å². The molecule has 21 heavy (non-hydrogen) atoms. The second kappa shape index (κ2) is 6.45. The van der Waals surface area contributed by atoms with E-state index in [4.69, 9.17) is 0 Å². The molecule has 1 heteroatoms. The van der Waals surface area contributed by atoms with E-state index in [1.165, 1.54) is 40.4 Å². The first-order chi connectivity index (χ1) is 10.4. The molecule has 0 bridgehead atoms. The van der Waals surface area contributed by atoms with Crippen LogP contribution >= 0.6 is 0 Å². The predicted octanol–water partition coefficient (Wildman–Crippen LogP) is 5.72. The van der Waals surface area contributed by atoms with Crippen molar-refractivity contribution < 1.29 is 0 Å². The molecule has 3 aromatic rings. The Kier molecular flexibility index (Phi) is 4.20. The molecule has 0 saturated heterocycles. The summed E-state index contributed by atoms with van der Waals surface area (Å²) in [6, 6.07) is 23.7. The minimum atomic E-state index is 1.03. The summed E-state index contributed by atoms with van der Waals surface area (Å²) in [5.41, 5.74) is 3.77. The van der Waals surface area contributed by atoms with E-state index < -0.39 is 0 Å². The molecule has 106 valence electrons. The number of nitrogens with one attached hydrogen (secondary N) is 1. The molecule has 0 aromatic heterocycles. The van der Waals surface area contributed by atoms with Gasteiger partial charge in [0.15, 0.2) is 0 Å². The predicted molar refractivity (Wildman–Crippen MR) is 92.8 cm³/mol. The molecule has 1 nitrogen and oxygen atoms in total. The van der Waals surface area contributed by atoms with Crippen LogP contribution in [0, 0.1) is 0 Å². The molecule has 3 rings (SSSR count). The van der Waals surface area contributed by atoms with Crippen molar-refractivity contribution in [2.24, 2.45) is 0 Å². The smallest absolute Gasteiger partial charge is 0.0426 e. The maximum absolute atomic E-state index is 3.60. The Morgan fingerprint density at radius 2 is 1.57 bits per heavy atom. The molecule has 0 unspecified atom stereocenters. The maximum atomic E-state index is 3.60. The van der Waals surface area contributed by atoms with Gasteiger partial charge in [-0.2, -0.15) is 0 Å². The zero-order valence-electron chi connectivity index (χ0n) is 12.5. The maximum Gasteiger partial charge on any atom is 0.0426 e. The van der Waals surface area contributed by atoms with Gasteiger partial charge in [-0.05, 0) is 35.1 Å². The molecule has 0 amide bonds. The highest BCUT2D eigenvalue weighted by atomic mass is 14.9. The average Bonchev–Trinajstić information content (AvgIpc) is 2.55. The van der Waals surface area contributed by atoms with Crippen LogP contribution in [0.15, 0.2) is 66.7 Å². The highest BCUT2D eigenvalue weighted by molar-refractivity contribution is 5.97. The molecule has 0 aliphatic heterocycles. The average molecular weight is 275 g/mol. The lowest BCUT2D eigenvalue weighted by Crippen LogP contribution is -2.01. The van der Waals surface area contributed by atoms with Crippen molar-refractivity contribution in [1.82, 2.24) is 0 Å². The van der Waals surface area contributed by atoms with Gasteiger partial charge in [0.2, 0.25) is 0 Å². The molecule has 0 atom stereocenters. The molecule has 0 spiro atoms. The van der Waals surface area contributed by atoms with Crippen LogP contribution < -0.4 is 5.32 Å². The second-order valence-corrected chi connectivity index (χ2v) is 5.39. The fourth-order valence-corrected chi connectivity index (χ4v) is 2.65. The molecule has 0 radical (unpaired) electrons. The first-order valence-corrected chi connectivity index (χ1v) is 7.70. The Labute approximate surface area is 126 Å². The molecule has 0 saturated carbocycles. The SMILES string of the molecule is CCCCNc1cc(-c2ccccc2)cc2ccccc12. The largest absolute Gasteiger partial charge is 0.385 e. The number of anilines is 1. The van der Waals surface area contributed by atoms with Crippen LogP contribution in [0.2, 0.25) is 0 Å². The van der Waals surface area contributed by atoms with Crippen molar-refractivity contribution in [3.8, 4) is 11.1 Å². The monoisotopic (exact) mass is 275 g/mol. The lowest BCUT2D eigenvalue weighted by Gasteiger charge is -2.12. The van der Waals surface area contributed by atoms with Crippen molar-refractivity contribution >= 4 is 16.5 Å². The summed E-state index contributed by atoms with van der Waals surface area (Å²) in [7, 11) is 0. The van der Waals surface area contributed by atoms with E-state index in [-0.39, 0.29) is 0 Å². The van der Waals surface area contributed by atoms with Crippen molar-refractivity contribution in [2.45, 2.75) is 19.8 Å². The van der Waals surface area contributed by atoms with E-state index in [0.29, 0.717) is 0 Å². The molecule has 3 aromatic carbocycles. The second-order valence-electron chi connectivity index (χ2n) is 5.39. The van der Waals surface area contributed by atoms with Crippen molar-refractivity contribution in [1.29, 1.82) is 0 Å². The third-order valence-electron chi connectivity index (χ3n) is 3.81. The summed E-state index contributed by atoms with van der Waals surface area (Å²) < 4.78 is 0. The fourth-order valence-electron chi connectivity index (χ4n) is 2.65. The topological polar surface area (TPSA) is 12.0 Å². The van der Waals surface area contributed by atoms with Gasteiger partial charge in [-0.25, -0.2) is 0 Å². The van der Waals surface area contributed by atoms with Crippen LogP contribution in [0.3, 0.4) is 0 Å². The van der Waals surface area contributed by atoms with E-state index in [0.717, 1.165) is 6.54 Å². The van der Waals surface area contributed by atoms with Gasteiger partial charge < -0.3 is 5.32 Å². The summed E-state index contributed by atoms with van der Waals surface area (Å²) in [6.45, 7) is 3.25. The molecule has 1 N–H and O–H groups in total. The molecule has 0 fully saturated rings. The number of fused-ring (bicyclic) bond motifs is 1. The van der Waals surface area contributed by atoms with Crippen molar-refractivity contribution in [3.63, 3.8) is 0 Å². The Morgan fingerprint density at radius 1 is 0.810 bits per heavy atom. The quantitative estimate of drug-likeness (QED) is 0.587. The molecule has 0 aliphatic rings. The minimum absolute atomic E-state index is 1.03. The summed E-state index contributed by atoms with van der Waals surface area (Å²) in [5.74, 6) is 0. The molecule has 0 heterocycles. The molecule has 0 aliphatic carbocycles. The highest BCUT2D eigenvalue weighted by Gasteiger charge is 2.05.